The average Bonchev–Trinajstić information content (AvgIpc) is 2.55. The number of ether oxygens (including phenoxy) is 1. The summed E-state index contributed by atoms with van der Waals surface area (Å²) in [4.78, 5) is 12.3. The van der Waals surface area contributed by atoms with Crippen LogP contribution >= 0.6 is 0 Å². The minimum atomic E-state index is -1.32. The molecule has 0 aliphatic heterocycles. The first-order chi connectivity index (χ1) is 12.9. The number of nitrogens with one attached hydrogen (secondary N) is 1. The second-order valence-corrected chi connectivity index (χ2v) is 8.99. The van der Waals surface area contributed by atoms with Crippen LogP contribution in [0.15, 0.2) is 0 Å². The number of carbonyl (C=O) groups is 1. The van der Waals surface area contributed by atoms with Gasteiger partial charge in [0.2, 0.25) is 5.91 Å². The Kier molecular flexibility index (Phi) is 10.3. The van der Waals surface area contributed by atoms with E-state index in [9.17, 15) is 30.3 Å². The molecule has 1 rings (SSSR count). The number of rotatable bonds is 8. The summed E-state index contributed by atoms with van der Waals surface area (Å²) in [6, 6.07) is -0.840. The maximum atomic E-state index is 12.3. The van der Waals surface area contributed by atoms with Gasteiger partial charge in [-0.3, -0.25) is 4.79 Å². The number of hydrogen-bond acceptors (Lipinski definition) is 8. The van der Waals surface area contributed by atoms with Gasteiger partial charge in [0.15, 0.2) is 0 Å². The third-order valence-corrected chi connectivity index (χ3v) is 4.84. The predicted octanol–water partition coefficient (Wildman–Crippen LogP) is -1.02. The van der Waals surface area contributed by atoms with Gasteiger partial charge in [-0.2, -0.15) is 0 Å². The van der Waals surface area contributed by atoms with Crippen molar-refractivity contribution in [3.63, 3.8) is 0 Å². The summed E-state index contributed by atoms with van der Waals surface area (Å²) in [6.45, 7) is 5.61. The Morgan fingerprint density at radius 1 is 1.14 bits per heavy atom. The molecule has 0 aromatic rings. The fraction of sp³-hybridized carbons (Fsp3) is 0.947. The van der Waals surface area contributed by atoms with E-state index in [0.717, 1.165) is 0 Å². The first-order valence-electron chi connectivity index (χ1n) is 9.97. The molecule has 166 valence electrons. The highest BCUT2D eigenvalue weighted by Gasteiger charge is 2.34. The average molecular weight is 407 g/mol. The molecule has 1 saturated carbocycles. The van der Waals surface area contributed by atoms with E-state index in [0.29, 0.717) is 25.7 Å². The summed E-state index contributed by atoms with van der Waals surface area (Å²) in [5.41, 5.74) is 5.09. The Morgan fingerprint density at radius 3 is 2.32 bits per heavy atom. The molecule has 7 unspecified atom stereocenters. The number of aliphatic hydroxyl groups excluding tert-OH is 5. The Bertz CT molecular complexity index is 470. The molecule has 1 aliphatic rings. The van der Waals surface area contributed by atoms with Gasteiger partial charge in [-0.15, -0.1) is 0 Å². The highest BCUT2D eigenvalue weighted by atomic mass is 16.5. The van der Waals surface area contributed by atoms with E-state index >= 15 is 0 Å². The topological polar surface area (TPSA) is 166 Å². The minimum Gasteiger partial charge on any atom is -0.391 e. The number of nitrogens with two attached hydrogens (primary N) is 1. The van der Waals surface area contributed by atoms with E-state index in [1.165, 1.54) is 0 Å². The van der Waals surface area contributed by atoms with Gasteiger partial charge < -0.3 is 41.3 Å². The van der Waals surface area contributed by atoms with Gasteiger partial charge in [-0.25, -0.2) is 0 Å². The van der Waals surface area contributed by atoms with Crippen LogP contribution in [0, 0.1) is 5.41 Å². The van der Waals surface area contributed by atoms with Crippen molar-refractivity contribution >= 4 is 5.91 Å². The molecule has 0 radical (unpaired) electrons. The van der Waals surface area contributed by atoms with E-state index < -0.39 is 42.8 Å². The summed E-state index contributed by atoms with van der Waals surface area (Å²) in [5.74, 6) is -0.277. The normalized spacial score (nSPS) is 30.0. The highest BCUT2D eigenvalue weighted by Crippen LogP contribution is 2.22. The van der Waals surface area contributed by atoms with Crippen LogP contribution in [0.2, 0.25) is 0 Å². The lowest BCUT2D eigenvalue weighted by Crippen LogP contribution is -2.51. The molecule has 0 saturated heterocycles. The largest absolute Gasteiger partial charge is 0.391 e. The monoisotopic (exact) mass is 406 g/mol. The second kappa shape index (κ2) is 11.4. The van der Waals surface area contributed by atoms with Crippen LogP contribution in [0.3, 0.4) is 0 Å². The van der Waals surface area contributed by atoms with Gasteiger partial charge in [0, 0.05) is 12.8 Å². The molecular formula is C19H38N2O7. The fourth-order valence-corrected chi connectivity index (χ4v) is 3.30. The van der Waals surface area contributed by atoms with Crippen LogP contribution in [0.4, 0.5) is 0 Å². The predicted molar refractivity (Wildman–Crippen MR) is 103 cm³/mol. The van der Waals surface area contributed by atoms with Crippen molar-refractivity contribution in [1.29, 1.82) is 0 Å². The summed E-state index contributed by atoms with van der Waals surface area (Å²) in [6.07, 6.45) is -4.42. The van der Waals surface area contributed by atoms with Crippen LogP contribution in [-0.2, 0) is 9.53 Å². The molecule has 8 N–H and O–H groups in total. The Balaban J connectivity index is 2.76. The second-order valence-electron chi connectivity index (χ2n) is 8.99. The number of aliphatic hydroxyl groups is 5. The van der Waals surface area contributed by atoms with Crippen LogP contribution in [0.5, 0.6) is 0 Å². The van der Waals surface area contributed by atoms with Crippen molar-refractivity contribution < 1.29 is 35.1 Å². The van der Waals surface area contributed by atoms with E-state index in [1.807, 2.05) is 20.8 Å². The lowest BCUT2D eigenvalue weighted by Gasteiger charge is -2.34. The van der Waals surface area contributed by atoms with Crippen molar-refractivity contribution in [2.24, 2.45) is 11.1 Å². The standard InChI is InChI=1S/C19H38N2O7/c1-19(2,3)9-16(25)21-11(13(23)8-15(20)24)10-28-14-7-5-4-6-12(22)17(26)18(14)27/h11-15,17-18,22-24,26-27H,4-10,20H2,1-3H3,(H,21,25). The molecule has 0 spiro atoms. The molecule has 9 nitrogen and oxygen atoms in total. The molecule has 0 bridgehead atoms. The summed E-state index contributed by atoms with van der Waals surface area (Å²) >= 11 is 0. The van der Waals surface area contributed by atoms with Gasteiger partial charge in [0.05, 0.1) is 31.0 Å². The van der Waals surface area contributed by atoms with E-state index in [1.54, 1.807) is 0 Å². The van der Waals surface area contributed by atoms with Crippen molar-refractivity contribution in [1.82, 2.24) is 5.32 Å². The van der Waals surface area contributed by atoms with Gasteiger partial charge in [0.25, 0.3) is 0 Å². The maximum absolute atomic E-state index is 12.3. The Morgan fingerprint density at radius 2 is 1.75 bits per heavy atom. The third-order valence-electron chi connectivity index (χ3n) is 4.84. The summed E-state index contributed by atoms with van der Waals surface area (Å²) < 4.78 is 5.73. The molecule has 0 heterocycles. The van der Waals surface area contributed by atoms with Crippen LogP contribution < -0.4 is 11.1 Å². The van der Waals surface area contributed by atoms with Crippen LogP contribution in [0.25, 0.3) is 0 Å². The molecule has 28 heavy (non-hydrogen) atoms. The van der Waals surface area contributed by atoms with Gasteiger partial charge in [0.1, 0.15) is 18.4 Å². The lowest BCUT2D eigenvalue weighted by atomic mass is 9.91. The van der Waals surface area contributed by atoms with Crippen molar-refractivity contribution in [3.05, 3.63) is 0 Å². The van der Waals surface area contributed by atoms with Crippen molar-refractivity contribution in [2.75, 3.05) is 6.61 Å². The quantitative estimate of drug-likeness (QED) is 0.252. The first kappa shape index (κ1) is 25.2. The van der Waals surface area contributed by atoms with Crippen molar-refractivity contribution in [3.8, 4) is 0 Å². The van der Waals surface area contributed by atoms with E-state index in [4.69, 9.17) is 10.5 Å². The molecule has 1 fully saturated rings. The molecule has 1 aliphatic carbocycles. The molecule has 9 heteroatoms. The molecule has 7 atom stereocenters. The molecule has 1 amide bonds. The Hall–Kier alpha value is -0.810. The number of carbonyl (C=O) groups excluding carboxylic acids is 1. The fourth-order valence-electron chi connectivity index (χ4n) is 3.30. The molecular weight excluding hydrogens is 368 g/mol. The van der Waals surface area contributed by atoms with Crippen molar-refractivity contribution in [2.45, 2.75) is 102 Å². The molecule has 0 aromatic carbocycles. The number of amides is 1. The zero-order chi connectivity index (χ0) is 21.5. The molecule has 0 aromatic heterocycles. The highest BCUT2D eigenvalue weighted by molar-refractivity contribution is 5.76. The minimum absolute atomic E-state index is 0.131. The zero-order valence-corrected chi connectivity index (χ0v) is 17.1. The SMILES string of the molecule is CC(C)(C)CC(=O)NC(COC1CCCCC(O)C(O)C1O)C(O)CC(N)O. The van der Waals surface area contributed by atoms with Gasteiger partial charge in [-0.05, 0) is 18.3 Å². The Labute approximate surface area is 166 Å². The zero-order valence-electron chi connectivity index (χ0n) is 17.1. The van der Waals surface area contributed by atoms with Gasteiger partial charge >= 0.3 is 0 Å². The maximum Gasteiger partial charge on any atom is 0.220 e. The lowest BCUT2D eigenvalue weighted by molar-refractivity contribution is -0.141. The summed E-state index contributed by atoms with van der Waals surface area (Å²) in [5, 5.41) is 52.6. The third kappa shape index (κ3) is 9.13. The van der Waals surface area contributed by atoms with E-state index in [-0.39, 0.29) is 30.8 Å². The van der Waals surface area contributed by atoms with E-state index in [2.05, 4.69) is 5.32 Å². The van der Waals surface area contributed by atoms with Crippen LogP contribution in [0.1, 0.15) is 59.3 Å². The summed E-state index contributed by atoms with van der Waals surface area (Å²) in [7, 11) is 0. The van der Waals surface area contributed by atoms with Gasteiger partial charge in [-0.1, -0.05) is 33.6 Å². The smallest absolute Gasteiger partial charge is 0.220 e. The first-order valence-corrected chi connectivity index (χ1v) is 9.97. The number of hydrogen-bond donors (Lipinski definition) is 7. The van der Waals surface area contributed by atoms with Crippen LogP contribution in [-0.4, -0.2) is 80.8 Å².